The largest absolute Gasteiger partial charge is 0.494 e. The molecule has 0 aromatic heterocycles. The van der Waals surface area contributed by atoms with Crippen LogP contribution in [0.4, 0.5) is 0 Å². The topological polar surface area (TPSA) is 18.5 Å². The molecule has 1 aromatic rings. The minimum absolute atomic E-state index is 0.131. The monoisotopic (exact) mass is 224 g/mol. The van der Waals surface area contributed by atoms with Gasteiger partial charge in [0, 0.05) is 6.42 Å². The van der Waals surface area contributed by atoms with Crippen molar-refractivity contribution < 1.29 is 9.31 Å². The summed E-state index contributed by atoms with van der Waals surface area (Å²) in [6.45, 7) is 0. The van der Waals surface area contributed by atoms with Crippen molar-refractivity contribution in [3.8, 4) is 0 Å². The predicted octanol–water partition coefficient (Wildman–Crippen LogP) is 2.61. The second-order valence-corrected chi connectivity index (χ2v) is 4.81. The molecule has 1 aromatic carbocycles. The molecule has 1 saturated heterocycles. The van der Waals surface area contributed by atoms with Gasteiger partial charge in [-0.15, -0.1) is 0 Å². The van der Waals surface area contributed by atoms with Crippen LogP contribution in [0.25, 0.3) is 0 Å². The van der Waals surface area contributed by atoms with Crippen LogP contribution in [0.1, 0.15) is 23.7 Å². The molecule has 3 aliphatic rings. The summed E-state index contributed by atoms with van der Waals surface area (Å²) >= 11 is 0. The summed E-state index contributed by atoms with van der Waals surface area (Å²) in [5.41, 5.74) is 3.86. The molecule has 4 rings (SSSR count). The Bertz CT molecular complexity index is 521. The molecule has 0 unspecified atom stereocenters. The van der Waals surface area contributed by atoms with Gasteiger partial charge in [0.2, 0.25) is 0 Å². The SMILES string of the molecule is C1=CC(B2O[C@@H]3Cc4ccccc4[C@@H]3O2)=CC1. The van der Waals surface area contributed by atoms with E-state index < -0.39 is 0 Å². The van der Waals surface area contributed by atoms with Crippen LogP contribution in [0.15, 0.2) is 48.0 Å². The van der Waals surface area contributed by atoms with E-state index in [0.717, 1.165) is 12.8 Å². The zero-order chi connectivity index (χ0) is 11.2. The van der Waals surface area contributed by atoms with Gasteiger partial charge in [-0.2, -0.15) is 0 Å². The van der Waals surface area contributed by atoms with E-state index in [1.165, 1.54) is 16.6 Å². The van der Waals surface area contributed by atoms with E-state index in [2.05, 4.69) is 42.5 Å². The van der Waals surface area contributed by atoms with Crippen molar-refractivity contribution in [1.82, 2.24) is 0 Å². The number of hydrogen-bond donors (Lipinski definition) is 0. The quantitative estimate of drug-likeness (QED) is 0.682. The van der Waals surface area contributed by atoms with E-state index in [-0.39, 0.29) is 19.3 Å². The first-order valence-electron chi connectivity index (χ1n) is 6.17. The molecule has 84 valence electrons. The van der Waals surface area contributed by atoms with E-state index in [9.17, 15) is 0 Å². The highest BCUT2D eigenvalue weighted by Gasteiger charge is 2.46. The molecule has 1 fully saturated rings. The molecule has 0 saturated carbocycles. The first-order chi connectivity index (χ1) is 8.42. The van der Waals surface area contributed by atoms with Crippen LogP contribution in [0, 0.1) is 0 Å². The Balaban J connectivity index is 1.63. The van der Waals surface area contributed by atoms with Gasteiger partial charge in [-0.05, 0) is 23.0 Å². The average molecular weight is 224 g/mol. The Kier molecular flexibility index (Phi) is 2.04. The fraction of sp³-hybridized carbons (Fsp3) is 0.286. The summed E-state index contributed by atoms with van der Waals surface area (Å²) in [5.74, 6) is 0. The summed E-state index contributed by atoms with van der Waals surface area (Å²) in [6, 6.07) is 8.49. The molecule has 1 aliphatic heterocycles. The summed E-state index contributed by atoms with van der Waals surface area (Å²) in [5, 5.41) is 0. The molecule has 2 aliphatic carbocycles. The van der Waals surface area contributed by atoms with Crippen LogP contribution in [-0.4, -0.2) is 13.2 Å². The maximum atomic E-state index is 6.05. The number of hydrogen-bond acceptors (Lipinski definition) is 2. The lowest BCUT2D eigenvalue weighted by Crippen LogP contribution is -2.19. The minimum atomic E-state index is -0.155. The first-order valence-corrected chi connectivity index (χ1v) is 6.17. The van der Waals surface area contributed by atoms with Crippen LogP contribution in [0.5, 0.6) is 0 Å². The average Bonchev–Trinajstić information content (AvgIpc) is 3.03. The van der Waals surface area contributed by atoms with E-state index in [1.807, 2.05) is 0 Å². The zero-order valence-electron chi connectivity index (χ0n) is 9.50. The lowest BCUT2D eigenvalue weighted by Gasteiger charge is -2.09. The van der Waals surface area contributed by atoms with Crippen LogP contribution >= 0.6 is 0 Å². The molecule has 0 N–H and O–H groups in total. The van der Waals surface area contributed by atoms with Crippen LogP contribution < -0.4 is 0 Å². The summed E-state index contributed by atoms with van der Waals surface area (Å²) < 4.78 is 12.1. The molecule has 17 heavy (non-hydrogen) atoms. The van der Waals surface area contributed by atoms with Gasteiger partial charge < -0.3 is 9.31 Å². The van der Waals surface area contributed by atoms with Crippen LogP contribution in [0.2, 0.25) is 0 Å². The zero-order valence-corrected chi connectivity index (χ0v) is 9.50. The molecule has 3 heteroatoms. The Morgan fingerprint density at radius 3 is 3.00 bits per heavy atom. The second kappa shape index (κ2) is 3.59. The third kappa shape index (κ3) is 1.43. The van der Waals surface area contributed by atoms with Crippen molar-refractivity contribution >= 4 is 7.12 Å². The van der Waals surface area contributed by atoms with Gasteiger partial charge in [-0.3, -0.25) is 0 Å². The highest BCUT2D eigenvalue weighted by atomic mass is 16.7. The number of rotatable bonds is 1. The van der Waals surface area contributed by atoms with Crippen LogP contribution in [0.3, 0.4) is 0 Å². The van der Waals surface area contributed by atoms with Crippen molar-refractivity contribution in [2.24, 2.45) is 0 Å². The van der Waals surface area contributed by atoms with Crippen molar-refractivity contribution in [2.75, 3.05) is 0 Å². The number of fused-ring (bicyclic) bond motifs is 3. The lowest BCUT2D eigenvalue weighted by atomic mass is 9.79. The third-order valence-electron chi connectivity index (χ3n) is 3.76. The molecule has 0 spiro atoms. The van der Waals surface area contributed by atoms with Gasteiger partial charge in [0.15, 0.2) is 0 Å². The van der Waals surface area contributed by atoms with Gasteiger partial charge >= 0.3 is 7.12 Å². The molecule has 2 nitrogen and oxygen atoms in total. The number of allylic oxidation sites excluding steroid dienone is 4. The van der Waals surface area contributed by atoms with E-state index in [0.29, 0.717) is 0 Å². The minimum Gasteiger partial charge on any atom is -0.401 e. The molecular weight excluding hydrogens is 211 g/mol. The maximum absolute atomic E-state index is 6.05. The van der Waals surface area contributed by atoms with Crippen molar-refractivity contribution in [2.45, 2.75) is 25.0 Å². The smallest absolute Gasteiger partial charge is 0.401 e. The summed E-state index contributed by atoms with van der Waals surface area (Å²) in [6.07, 6.45) is 8.75. The highest BCUT2D eigenvalue weighted by molar-refractivity contribution is 6.55. The standard InChI is InChI=1S/C14H13BO2/c1-4-8-12-10(5-1)9-13-14(12)17-15(16-13)11-6-2-3-7-11/h1-2,4-8,13-14H,3,9H2/t13-,14+/m1/s1. The Labute approximate surface area is 101 Å². The molecular formula is C14H13BO2. The predicted molar refractivity (Wildman–Crippen MR) is 66.4 cm³/mol. The van der Waals surface area contributed by atoms with Gasteiger partial charge in [-0.25, -0.2) is 0 Å². The van der Waals surface area contributed by atoms with Crippen molar-refractivity contribution in [1.29, 1.82) is 0 Å². The normalized spacial score (nSPS) is 29.4. The Hall–Kier alpha value is -1.32. The molecule has 0 amide bonds. The van der Waals surface area contributed by atoms with Crippen LogP contribution in [-0.2, 0) is 15.7 Å². The molecule has 0 radical (unpaired) electrons. The summed E-state index contributed by atoms with van der Waals surface area (Å²) in [7, 11) is -0.155. The second-order valence-electron chi connectivity index (χ2n) is 4.81. The van der Waals surface area contributed by atoms with E-state index in [1.54, 1.807) is 0 Å². The first kappa shape index (κ1) is 9.69. The summed E-state index contributed by atoms with van der Waals surface area (Å²) in [4.78, 5) is 0. The fourth-order valence-corrected chi connectivity index (χ4v) is 2.93. The highest BCUT2D eigenvalue weighted by Crippen LogP contribution is 2.42. The van der Waals surface area contributed by atoms with Crippen molar-refractivity contribution in [3.05, 3.63) is 59.1 Å². The Morgan fingerprint density at radius 1 is 1.18 bits per heavy atom. The maximum Gasteiger partial charge on any atom is 0.494 e. The lowest BCUT2D eigenvalue weighted by molar-refractivity contribution is 0.176. The van der Waals surface area contributed by atoms with E-state index in [4.69, 9.17) is 9.31 Å². The van der Waals surface area contributed by atoms with Gasteiger partial charge in [0.25, 0.3) is 0 Å². The fourth-order valence-electron chi connectivity index (χ4n) is 2.93. The molecule has 2 atom stereocenters. The third-order valence-corrected chi connectivity index (χ3v) is 3.76. The molecule has 0 bridgehead atoms. The van der Waals surface area contributed by atoms with Crippen molar-refractivity contribution in [3.63, 3.8) is 0 Å². The number of benzene rings is 1. The Morgan fingerprint density at radius 2 is 2.12 bits per heavy atom. The molecule has 1 heterocycles. The van der Waals surface area contributed by atoms with E-state index >= 15 is 0 Å². The van der Waals surface area contributed by atoms with Gasteiger partial charge in [-0.1, -0.05) is 42.5 Å². The van der Waals surface area contributed by atoms with Gasteiger partial charge in [0.05, 0.1) is 12.2 Å². The van der Waals surface area contributed by atoms with Gasteiger partial charge in [0.1, 0.15) is 0 Å².